The van der Waals surface area contributed by atoms with E-state index in [1.165, 1.54) is 0 Å². The van der Waals surface area contributed by atoms with Gasteiger partial charge in [0.05, 0.1) is 4.92 Å². The van der Waals surface area contributed by atoms with Gasteiger partial charge in [0.2, 0.25) is 5.75 Å². The first-order valence-electron chi connectivity index (χ1n) is 6.86. The molecule has 0 aliphatic heterocycles. The van der Waals surface area contributed by atoms with Crippen LogP contribution >= 0.6 is 0 Å². The summed E-state index contributed by atoms with van der Waals surface area (Å²) >= 11 is 0. The molecule has 0 saturated heterocycles. The average Bonchev–Trinajstić information content (AvgIpc) is 2.53. The molecule has 0 aliphatic carbocycles. The summed E-state index contributed by atoms with van der Waals surface area (Å²) in [6, 6.07) is 6.81. The van der Waals surface area contributed by atoms with Crippen LogP contribution in [0.5, 0.6) is 11.5 Å². The molecule has 0 atom stereocenters. The van der Waals surface area contributed by atoms with Gasteiger partial charge in [-0.3, -0.25) is 14.9 Å². The van der Waals surface area contributed by atoms with Gasteiger partial charge in [0.1, 0.15) is 11.6 Å². The zero-order valence-corrected chi connectivity index (χ0v) is 12.7. The molecule has 2 rings (SSSR count). The molecule has 0 heterocycles. The molecule has 0 aromatic heterocycles. The van der Waals surface area contributed by atoms with E-state index in [1.807, 2.05) is 0 Å². The molecule has 0 aliphatic rings. The number of ether oxygens (including phenoxy) is 2. The number of nitro benzene ring substituents is 1. The van der Waals surface area contributed by atoms with Crippen molar-refractivity contribution < 1.29 is 36.8 Å². The monoisotopic (exact) mass is 374 g/mol. The molecule has 0 spiro atoms. The van der Waals surface area contributed by atoms with Gasteiger partial charge in [-0.25, -0.2) is 4.39 Å². The molecule has 138 valence electrons. The number of hydrogen-bond acceptors (Lipinski definition) is 5. The van der Waals surface area contributed by atoms with E-state index in [-0.39, 0.29) is 5.69 Å². The third-order valence-electron chi connectivity index (χ3n) is 2.85. The van der Waals surface area contributed by atoms with Crippen LogP contribution in [0.3, 0.4) is 0 Å². The summed E-state index contributed by atoms with van der Waals surface area (Å²) in [5.41, 5.74) is -0.380. The van der Waals surface area contributed by atoms with Crippen molar-refractivity contribution in [3.05, 3.63) is 58.4 Å². The Morgan fingerprint density at radius 2 is 1.81 bits per heavy atom. The first kappa shape index (κ1) is 19.0. The largest absolute Gasteiger partial charge is 0.573 e. The predicted molar refractivity (Wildman–Crippen MR) is 80.3 cm³/mol. The van der Waals surface area contributed by atoms with E-state index in [1.54, 1.807) is 0 Å². The van der Waals surface area contributed by atoms with Crippen LogP contribution in [0, 0.1) is 15.9 Å². The fourth-order valence-electron chi connectivity index (χ4n) is 1.83. The molecule has 0 fully saturated rings. The van der Waals surface area contributed by atoms with Crippen molar-refractivity contribution in [3.8, 4) is 11.5 Å². The average molecular weight is 374 g/mol. The summed E-state index contributed by atoms with van der Waals surface area (Å²) in [7, 11) is 0. The van der Waals surface area contributed by atoms with Gasteiger partial charge in [-0.05, 0) is 30.3 Å². The third-order valence-corrected chi connectivity index (χ3v) is 2.85. The lowest BCUT2D eigenvalue weighted by Gasteiger charge is -2.10. The molecule has 0 bridgehead atoms. The van der Waals surface area contributed by atoms with Crippen LogP contribution in [-0.2, 0) is 4.79 Å². The van der Waals surface area contributed by atoms with Crippen molar-refractivity contribution in [2.24, 2.45) is 0 Å². The van der Waals surface area contributed by atoms with Crippen molar-refractivity contribution in [1.82, 2.24) is 0 Å². The molecular weight excluding hydrogens is 364 g/mol. The summed E-state index contributed by atoms with van der Waals surface area (Å²) in [5, 5.41) is 13.1. The summed E-state index contributed by atoms with van der Waals surface area (Å²) < 4.78 is 57.9. The molecule has 2 aromatic carbocycles. The van der Waals surface area contributed by atoms with E-state index < -0.39 is 46.8 Å². The summed E-state index contributed by atoms with van der Waals surface area (Å²) in [6.45, 7) is -0.676. The Kier molecular flexibility index (Phi) is 5.60. The molecule has 11 heteroatoms. The van der Waals surface area contributed by atoms with E-state index in [0.717, 1.165) is 42.5 Å². The second-order valence-electron chi connectivity index (χ2n) is 4.78. The number of nitrogens with zero attached hydrogens (tertiary/aromatic N) is 1. The Hall–Kier alpha value is -3.37. The number of halogens is 4. The van der Waals surface area contributed by atoms with Gasteiger partial charge in [0.15, 0.2) is 6.61 Å². The van der Waals surface area contributed by atoms with Crippen LogP contribution < -0.4 is 14.8 Å². The highest BCUT2D eigenvalue weighted by Gasteiger charge is 2.31. The van der Waals surface area contributed by atoms with Gasteiger partial charge in [-0.1, -0.05) is 0 Å². The minimum Gasteiger partial charge on any atom is -0.477 e. The number of anilines is 1. The fraction of sp³-hybridized carbons (Fsp3) is 0.133. The van der Waals surface area contributed by atoms with E-state index in [2.05, 4.69) is 10.1 Å². The second kappa shape index (κ2) is 7.68. The van der Waals surface area contributed by atoms with Gasteiger partial charge >= 0.3 is 12.0 Å². The second-order valence-corrected chi connectivity index (χ2v) is 4.78. The van der Waals surface area contributed by atoms with Crippen LogP contribution in [0.15, 0.2) is 42.5 Å². The summed E-state index contributed by atoms with van der Waals surface area (Å²) in [6.07, 6.45) is -4.84. The zero-order chi connectivity index (χ0) is 19.3. The van der Waals surface area contributed by atoms with Crippen LogP contribution in [0.25, 0.3) is 0 Å². The fourth-order valence-corrected chi connectivity index (χ4v) is 1.83. The molecule has 0 unspecified atom stereocenters. The topological polar surface area (TPSA) is 90.7 Å². The molecular formula is C15H10F4N2O5. The zero-order valence-electron chi connectivity index (χ0n) is 12.7. The normalized spacial score (nSPS) is 10.9. The molecule has 1 amide bonds. The maximum absolute atomic E-state index is 13.1. The lowest BCUT2D eigenvalue weighted by molar-refractivity contribution is -0.385. The smallest absolute Gasteiger partial charge is 0.477 e. The molecule has 1 N–H and O–H groups in total. The first-order valence-corrected chi connectivity index (χ1v) is 6.86. The number of carbonyl (C=O) groups excluding carboxylic acids is 1. The third kappa shape index (κ3) is 5.61. The van der Waals surface area contributed by atoms with Gasteiger partial charge in [0, 0.05) is 17.8 Å². The number of alkyl halides is 3. The minimum atomic E-state index is -4.84. The lowest BCUT2D eigenvalue weighted by atomic mass is 10.3. The number of amides is 1. The predicted octanol–water partition coefficient (Wildman–Crippen LogP) is 3.65. The van der Waals surface area contributed by atoms with Crippen molar-refractivity contribution in [2.75, 3.05) is 11.9 Å². The van der Waals surface area contributed by atoms with Crippen molar-refractivity contribution >= 4 is 17.3 Å². The maximum Gasteiger partial charge on any atom is 0.573 e. The van der Waals surface area contributed by atoms with Crippen LogP contribution in [-0.4, -0.2) is 23.8 Å². The molecule has 0 saturated carbocycles. The first-order chi connectivity index (χ1) is 12.1. The standard InChI is InChI=1S/C15H10F4N2O5/c16-9-1-6-12(21(23)24)13(7-9)25-8-14(22)20-10-2-4-11(5-3-10)26-15(17,18)19/h1-7H,8H2,(H,20,22). The minimum absolute atomic E-state index is 0.141. The molecule has 0 radical (unpaired) electrons. The van der Waals surface area contributed by atoms with E-state index >= 15 is 0 Å². The van der Waals surface area contributed by atoms with Gasteiger partial charge in [-0.15, -0.1) is 13.2 Å². The summed E-state index contributed by atoms with van der Waals surface area (Å²) in [5.74, 6) is -2.44. The Labute approximate surface area is 143 Å². The highest BCUT2D eigenvalue weighted by Crippen LogP contribution is 2.27. The quantitative estimate of drug-likeness (QED) is 0.474. The Morgan fingerprint density at radius 1 is 1.15 bits per heavy atom. The van der Waals surface area contributed by atoms with E-state index in [9.17, 15) is 32.5 Å². The van der Waals surface area contributed by atoms with E-state index in [0.29, 0.717) is 0 Å². The number of hydrogen-bond donors (Lipinski definition) is 1. The summed E-state index contributed by atoms with van der Waals surface area (Å²) in [4.78, 5) is 21.8. The molecule has 26 heavy (non-hydrogen) atoms. The number of carbonyl (C=O) groups is 1. The van der Waals surface area contributed by atoms with Crippen LogP contribution in [0.1, 0.15) is 0 Å². The van der Waals surface area contributed by atoms with Crippen LogP contribution in [0.2, 0.25) is 0 Å². The highest BCUT2D eigenvalue weighted by molar-refractivity contribution is 5.91. The Bertz CT molecular complexity index is 809. The SMILES string of the molecule is O=C(COc1cc(F)ccc1[N+](=O)[O-])Nc1ccc(OC(F)(F)F)cc1. The number of nitro groups is 1. The number of benzene rings is 2. The van der Waals surface area contributed by atoms with Gasteiger partial charge in [0.25, 0.3) is 5.91 Å². The number of rotatable bonds is 6. The molecule has 2 aromatic rings. The van der Waals surface area contributed by atoms with Gasteiger partial charge in [-0.2, -0.15) is 0 Å². The van der Waals surface area contributed by atoms with Crippen molar-refractivity contribution in [3.63, 3.8) is 0 Å². The molecule has 7 nitrogen and oxygen atoms in total. The van der Waals surface area contributed by atoms with E-state index in [4.69, 9.17) is 4.74 Å². The Balaban J connectivity index is 1.95. The highest BCUT2D eigenvalue weighted by atomic mass is 19.4. The van der Waals surface area contributed by atoms with Crippen molar-refractivity contribution in [2.45, 2.75) is 6.36 Å². The van der Waals surface area contributed by atoms with Gasteiger partial charge < -0.3 is 14.8 Å². The van der Waals surface area contributed by atoms with Crippen molar-refractivity contribution in [1.29, 1.82) is 0 Å². The van der Waals surface area contributed by atoms with Crippen LogP contribution in [0.4, 0.5) is 28.9 Å². The number of nitrogens with one attached hydrogen (secondary N) is 1. The Morgan fingerprint density at radius 3 is 2.38 bits per heavy atom. The lowest BCUT2D eigenvalue weighted by Crippen LogP contribution is -2.20. The maximum atomic E-state index is 13.1.